The van der Waals surface area contributed by atoms with E-state index in [9.17, 15) is 9.59 Å². The smallest absolute Gasteiger partial charge is 0.418 e. The number of rotatable bonds is 10. The SMILES string of the molecule is CCC(CNC(=N)N)C[C@H](N)C(=O)C(O[C]=O)c1ccccc1. The van der Waals surface area contributed by atoms with E-state index in [-0.39, 0.29) is 17.7 Å². The number of hydrogen-bond acceptors (Lipinski definition) is 5. The van der Waals surface area contributed by atoms with E-state index in [2.05, 4.69) is 5.32 Å². The van der Waals surface area contributed by atoms with Gasteiger partial charge in [0, 0.05) is 12.1 Å². The van der Waals surface area contributed by atoms with Crippen LogP contribution in [0.25, 0.3) is 0 Å². The average Bonchev–Trinajstić information content (AvgIpc) is 2.56. The van der Waals surface area contributed by atoms with Crippen molar-refractivity contribution in [3.63, 3.8) is 0 Å². The highest BCUT2D eigenvalue weighted by molar-refractivity contribution is 5.89. The van der Waals surface area contributed by atoms with Crippen molar-refractivity contribution in [1.29, 1.82) is 5.41 Å². The van der Waals surface area contributed by atoms with Crippen LogP contribution < -0.4 is 16.8 Å². The maximum atomic E-state index is 12.5. The zero-order chi connectivity index (χ0) is 17.2. The number of ketones is 1. The van der Waals surface area contributed by atoms with E-state index in [1.807, 2.05) is 6.92 Å². The van der Waals surface area contributed by atoms with Crippen molar-refractivity contribution in [2.24, 2.45) is 17.4 Å². The van der Waals surface area contributed by atoms with Crippen LogP contribution in [-0.4, -0.2) is 30.8 Å². The molecule has 0 saturated heterocycles. The van der Waals surface area contributed by atoms with Crippen molar-refractivity contribution in [2.45, 2.75) is 31.9 Å². The van der Waals surface area contributed by atoms with Gasteiger partial charge in [-0.15, -0.1) is 0 Å². The molecule has 0 aromatic heterocycles. The van der Waals surface area contributed by atoms with Gasteiger partial charge in [0.05, 0.1) is 6.04 Å². The van der Waals surface area contributed by atoms with E-state index >= 15 is 0 Å². The zero-order valence-electron chi connectivity index (χ0n) is 13.1. The number of nitrogens with one attached hydrogen (secondary N) is 2. The van der Waals surface area contributed by atoms with Crippen LogP contribution in [0, 0.1) is 11.3 Å². The van der Waals surface area contributed by atoms with Crippen molar-refractivity contribution < 1.29 is 14.3 Å². The van der Waals surface area contributed by atoms with Crippen LogP contribution in [-0.2, 0) is 14.3 Å². The molecule has 0 spiro atoms. The van der Waals surface area contributed by atoms with E-state index in [0.29, 0.717) is 18.5 Å². The van der Waals surface area contributed by atoms with Crippen molar-refractivity contribution >= 4 is 18.2 Å². The Labute approximate surface area is 135 Å². The van der Waals surface area contributed by atoms with Crippen molar-refractivity contribution in [3.8, 4) is 0 Å². The lowest BCUT2D eigenvalue weighted by Crippen LogP contribution is -2.40. The first-order valence-electron chi connectivity index (χ1n) is 7.44. The first kappa shape index (κ1) is 18.6. The maximum Gasteiger partial charge on any atom is 0.418 e. The summed E-state index contributed by atoms with van der Waals surface area (Å²) >= 11 is 0. The second kappa shape index (κ2) is 9.58. The normalized spacial score (nSPS) is 14.3. The summed E-state index contributed by atoms with van der Waals surface area (Å²) in [5, 5.41) is 9.90. The standard InChI is InChI=1S/C16H23N4O3/c1-2-11(9-20-16(18)19)8-13(17)14(22)15(23-10-21)12-6-4-3-5-7-12/h3-7,11,13,15H,2,8-9,17H2,1H3,(H4,18,19,20)/t11?,13-,15?/m0/s1. The van der Waals surface area contributed by atoms with Crippen LogP contribution in [0.3, 0.4) is 0 Å². The summed E-state index contributed by atoms with van der Waals surface area (Å²) in [5.74, 6) is -0.417. The summed E-state index contributed by atoms with van der Waals surface area (Å²) in [6.07, 6.45) is 0.126. The molecule has 6 N–H and O–H groups in total. The van der Waals surface area contributed by atoms with Gasteiger partial charge in [-0.1, -0.05) is 43.7 Å². The molecular weight excluding hydrogens is 296 g/mol. The molecule has 0 heterocycles. The van der Waals surface area contributed by atoms with Crippen LogP contribution in [0.5, 0.6) is 0 Å². The van der Waals surface area contributed by atoms with Gasteiger partial charge < -0.3 is 21.5 Å². The minimum absolute atomic E-state index is 0.0782. The largest absolute Gasteiger partial charge is 0.441 e. The van der Waals surface area contributed by atoms with Crippen LogP contribution >= 0.6 is 0 Å². The van der Waals surface area contributed by atoms with Crippen molar-refractivity contribution in [3.05, 3.63) is 35.9 Å². The van der Waals surface area contributed by atoms with Gasteiger partial charge in [-0.2, -0.15) is 0 Å². The number of benzene rings is 1. The highest BCUT2D eigenvalue weighted by Gasteiger charge is 2.29. The minimum Gasteiger partial charge on any atom is -0.441 e. The van der Waals surface area contributed by atoms with Gasteiger partial charge in [-0.25, -0.2) is 4.79 Å². The van der Waals surface area contributed by atoms with Gasteiger partial charge >= 0.3 is 6.47 Å². The molecular formula is C16H23N4O3. The fourth-order valence-electron chi connectivity index (χ4n) is 2.28. The Bertz CT molecular complexity index is 521. The van der Waals surface area contributed by atoms with Crippen molar-refractivity contribution in [2.75, 3.05) is 6.54 Å². The fraction of sp³-hybridized carbons (Fsp3) is 0.438. The number of Topliss-reactive ketones (excluding diaryl/α,β-unsaturated/α-hetero) is 1. The van der Waals surface area contributed by atoms with Crippen LogP contribution in [0.2, 0.25) is 0 Å². The van der Waals surface area contributed by atoms with Crippen LogP contribution in [0.15, 0.2) is 30.3 Å². The second-order valence-corrected chi connectivity index (χ2v) is 5.31. The molecule has 1 aromatic rings. The lowest BCUT2D eigenvalue weighted by molar-refractivity contribution is -0.128. The molecule has 0 aliphatic rings. The fourth-order valence-corrected chi connectivity index (χ4v) is 2.28. The molecule has 0 saturated carbocycles. The van der Waals surface area contributed by atoms with Gasteiger partial charge in [0.2, 0.25) is 0 Å². The predicted octanol–water partition coefficient (Wildman–Crippen LogP) is 0.607. The Hall–Kier alpha value is -2.41. The van der Waals surface area contributed by atoms with E-state index in [1.165, 1.54) is 6.47 Å². The highest BCUT2D eigenvalue weighted by Crippen LogP contribution is 2.21. The van der Waals surface area contributed by atoms with Crippen LogP contribution in [0.1, 0.15) is 31.4 Å². The third kappa shape index (κ3) is 6.07. The molecule has 7 heteroatoms. The number of guanidine groups is 1. The molecule has 1 radical (unpaired) electrons. The van der Waals surface area contributed by atoms with Gasteiger partial charge in [0.15, 0.2) is 17.8 Å². The number of carbonyl (C=O) groups is 1. The summed E-state index contributed by atoms with van der Waals surface area (Å²) < 4.78 is 4.82. The Morgan fingerprint density at radius 3 is 2.57 bits per heavy atom. The Morgan fingerprint density at radius 1 is 1.39 bits per heavy atom. The number of ether oxygens (including phenoxy) is 1. The molecule has 1 rings (SSSR count). The molecule has 0 aliphatic heterocycles. The molecule has 7 nitrogen and oxygen atoms in total. The molecule has 3 atom stereocenters. The van der Waals surface area contributed by atoms with Gasteiger partial charge in [-0.05, 0) is 12.3 Å². The predicted molar refractivity (Wildman–Crippen MR) is 87.3 cm³/mol. The molecule has 1 aromatic carbocycles. The first-order chi connectivity index (χ1) is 11.0. The average molecular weight is 319 g/mol. The number of carbonyl (C=O) groups excluding carboxylic acids is 2. The Balaban J connectivity index is 2.74. The van der Waals surface area contributed by atoms with E-state index in [0.717, 1.165) is 6.42 Å². The highest BCUT2D eigenvalue weighted by atomic mass is 16.5. The van der Waals surface area contributed by atoms with Gasteiger partial charge in [0.1, 0.15) is 0 Å². The molecule has 0 fully saturated rings. The molecule has 125 valence electrons. The molecule has 2 unspecified atom stereocenters. The Kier molecular flexibility index (Phi) is 7.76. The number of nitrogens with two attached hydrogens (primary N) is 2. The minimum atomic E-state index is -1.05. The summed E-state index contributed by atoms with van der Waals surface area (Å²) in [6.45, 7) is 3.75. The maximum absolute atomic E-state index is 12.5. The first-order valence-corrected chi connectivity index (χ1v) is 7.44. The summed E-state index contributed by atoms with van der Waals surface area (Å²) in [4.78, 5) is 23.1. The van der Waals surface area contributed by atoms with E-state index in [4.69, 9.17) is 21.6 Å². The molecule has 0 bridgehead atoms. The summed E-state index contributed by atoms with van der Waals surface area (Å²) in [7, 11) is 0. The van der Waals surface area contributed by atoms with Crippen LogP contribution in [0.4, 0.5) is 0 Å². The molecule has 0 aliphatic carbocycles. The second-order valence-electron chi connectivity index (χ2n) is 5.31. The van der Waals surface area contributed by atoms with E-state index in [1.54, 1.807) is 30.3 Å². The molecule has 23 heavy (non-hydrogen) atoms. The zero-order valence-corrected chi connectivity index (χ0v) is 13.1. The summed E-state index contributed by atoms with van der Waals surface area (Å²) in [6, 6.07) is 7.91. The third-order valence-electron chi connectivity index (χ3n) is 3.64. The topological polar surface area (TPSA) is 131 Å². The Morgan fingerprint density at radius 2 is 2.04 bits per heavy atom. The number of hydrogen-bond donors (Lipinski definition) is 4. The third-order valence-corrected chi connectivity index (χ3v) is 3.64. The van der Waals surface area contributed by atoms with E-state index < -0.39 is 12.1 Å². The molecule has 0 amide bonds. The lowest BCUT2D eigenvalue weighted by Gasteiger charge is -2.22. The lowest BCUT2D eigenvalue weighted by atomic mass is 9.91. The van der Waals surface area contributed by atoms with Crippen molar-refractivity contribution in [1.82, 2.24) is 5.32 Å². The van der Waals surface area contributed by atoms with Gasteiger partial charge in [0.25, 0.3) is 0 Å². The van der Waals surface area contributed by atoms with Gasteiger partial charge in [-0.3, -0.25) is 10.2 Å². The monoisotopic (exact) mass is 319 g/mol. The summed E-state index contributed by atoms with van der Waals surface area (Å²) in [5.41, 5.74) is 11.8. The quantitative estimate of drug-likeness (QED) is 0.369.